The van der Waals surface area contributed by atoms with Crippen molar-refractivity contribution in [3.63, 3.8) is 0 Å². The van der Waals surface area contributed by atoms with Crippen LogP contribution in [0.1, 0.15) is 12.8 Å². The Morgan fingerprint density at radius 2 is 2.04 bits per heavy atom. The summed E-state index contributed by atoms with van der Waals surface area (Å²) in [5, 5.41) is 10.1. The van der Waals surface area contributed by atoms with Crippen molar-refractivity contribution in [3.8, 4) is 0 Å². The van der Waals surface area contributed by atoms with Gasteiger partial charge in [0.15, 0.2) is 0 Å². The SMILES string of the molecule is CN(C(=O)Nc1cn[nH]c1)C1CCN(c2ccc(Cl)cc2)CC1. The average molecular weight is 334 g/mol. The maximum Gasteiger partial charge on any atom is 0.321 e. The Labute approximate surface area is 140 Å². The molecule has 2 heterocycles. The predicted octanol–water partition coefficient (Wildman–Crippen LogP) is 3.20. The number of carbonyl (C=O) groups is 1. The van der Waals surface area contributed by atoms with Crippen molar-refractivity contribution in [3.05, 3.63) is 41.7 Å². The van der Waals surface area contributed by atoms with Gasteiger partial charge < -0.3 is 15.1 Å². The van der Waals surface area contributed by atoms with Crippen LogP contribution >= 0.6 is 11.6 Å². The van der Waals surface area contributed by atoms with E-state index in [1.54, 1.807) is 17.3 Å². The third-order valence-electron chi connectivity index (χ3n) is 4.27. The van der Waals surface area contributed by atoms with Gasteiger partial charge >= 0.3 is 6.03 Å². The van der Waals surface area contributed by atoms with Crippen LogP contribution in [0.25, 0.3) is 0 Å². The fourth-order valence-electron chi connectivity index (χ4n) is 2.86. The van der Waals surface area contributed by atoms with Crippen molar-refractivity contribution in [1.82, 2.24) is 15.1 Å². The van der Waals surface area contributed by atoms with Crippen LogP contribution in [0.2, 0.25) is 5.02 Å². The van der Waals surface area contributed by atoms with Gasteiger partial charge in [-0.05, 0) is 37.1 Å². The second kappa shape index (κ2) is 6.91. The Morgan fingerprint density at radius 3 is 2.65 bits per heavy atom. The molecule has 1 aromatic heterocycles. The first-order valence-electron chi connectivity index (χ1n) is 7.66. The summed E-state index contributed by atoms with van der Waals surface area (Å²) in [5.74, 6) is 0. The lowest BCUT2D eigenvalue weighted by Crippen LogP contribution is -2.47. The highest BCUT2D eigenvalue weighted by Gasteiger charge is 2.25. The number of rotatable bonds is 3. The van der Waals surface area contributed by atoms with Gasteiger partial charge in [-0.3, -0.25) is 5.10 Å². The Morgan fingerprint density at radius 1 is 1.35 bits per heavy atom. The molecule has 3 rings (SSSR count). The van der Waals surface area contributed by atoms with E-state index in [4.69, 9.17) is 11.6 Å². The van der Waals surface area contributed by atoms with Crippen molar-refractivity contribution in [2.75, 3.05) is 30.4 Å². The molecule has 6 nitrogen and oxygen atoms in total. The molecule has 0 aliphatic carbocycles. The van der Waals surface area contributed by atoms with Crippen LogP contribution in [0.5, 0.6) is 0 Å². The first kappa shape index (κ1) is 15.7. The largest absolute Gasteiger partial charge is 0.371 e. The van der Waals surface area contributed by atoms with Gasteiger partial charge in [-0.1, -0.05) is 11.6 Å². The van der Waals surface area contributed by atoms with E-state index < -0.39 is 0 Å². The molecule has 0 saturated carbocycles. The fourth-order valence-corrected chi connectivity index (χ4v) is 2.99. The maximum absolute atomic E-state index is 12.2. The third-order valence-corrected chi connectivity index (χ3v) is 4.53. The third kappa shape index (κ3) is 3.76. The monoisotopic (exact) mass is 333 g/mol. The van der Waals surface area contributed by atoms with Gasteiger partial charge in [0.1, 0.15) is 0 Å². The minimum atomic E-state index is -0.101. The smallest absolute Gasteiger partial charge is 0.321 e. The molecule has 0 bridgehead atoms. The number of amides is 2. The molecule has 23 heavy (non-hydrogen) atoms. The van der Waals surface area contributed by atoms with Crippen LogP contribution in [0.15, 0.2) is 36.7 Å². The molecule has 7 heteroatoms. The number of benzene rings is 1. The molecule has 0 radical (unpaired) electrons. The Balaban J connectivity index is 1.53. The van der Waals surface area contributed by atoms with E-state index in [9.17, 15) is 4.79 Å². The Bertz CT molecular complexity index is 635. The number of H-pyrrole nitrogens is 1. The number of hydrogen-bond donors (Lipinski definition) is 2. The molecular weight excluding hydrogens is 314 g/mol. The van der Waals surface area contributed by atoms with Crippen LogP contribution in [-0.4, -0.2) is 47.3 Å². The highest BCUT2D eigenvalue weighted by Crippen LogP contribution is 2.24. The van der Waals surface area contributed by atoms with E-state index in [-0.39, 0.29) is 12.1 Å². The summed E-state index contributed by atoms with van der Waals surface area (Å²) in [4.78, 5) is 16.4. The Kier molecular flexibility index (Phi) is 4.71. The van der Waals surface area contributed by atoms with E-state index in [0.29, 0.717) is 5.69 Å². The van der Waals surface area contributed by atoms with Crippen LogP contribution < -0.4 is 10.2 Å². The van der Waals surface area contributed by atoms with Crippen molar-refractivity contribution >= 4 is 29.0 Å². The summed E-state index contributed by atoms with van der Waals surface area (Å²) < 4.78 is 0. The lowest BCUT2D eigenvalue weighted by Gasteiger charge is -2.37. The van der Waals surface area contributed by atoms with Crippen molar-refractivity contribution in [2.45, 2.75) is 18.9 Å². The number of hydrogen-bond acceptors (Lipinski definition) is 3. The number of aromatic nitrogens is 2. The van der Waals surface area contributed by atoms with E-state index in [0.717, 1.165) is 31.0 Å². The van der Waals surface area contributed by atoms with Crippen molar-refractivity contribution in [1.29, 1.82) is 0 Å². The molecule has 1 aliphatic heterocycles. The topological polar surface area (TPSA) is 64.3 Å². The zero-order chi connectivity index (χ0) is 16.2. The van der Waals surface area contributed by atoms with E-state index >= 15 is 0 Å². The molecule has 2 aromatic rings. The number of nitrogens with zero attached hydrogens (tertiary/aromatic N) is 3. The molecular formula is C16H20ClN5O. The number of carbonyl (C=O) groups excluding carboxylic acids is 1. The molecule has 1 aromatic carbocycles. The second-order valence-electron chi connectivity index (χ2n) is 5.72. The van der Waals surface area contributed by atoms with Gasteiger partial charge in [0.25, 0.3) is 0 Å². The van der Waals surface area contributed by atoms with Gasteiger partial charge in [0, 0.05) is 43.1 Å². The maximum atomic E-state index is 12.2. The molecule has 2 amide bonds. The lowest BCUT2D eigenvalue weighted by atomic mass is 10.0. The number of aromatic amines is 1. The van der Waals surface area contributed by atoms with Crippen molar-refractivity contribution in [2.24, 2.45) is 0 Å². The number of halogens is 1. The summed E-state index contributed by atoms with van der Waals surface area (Å²) in [5.41, 5.74) is 1.86. The number of piperidine rings is 1. The number of urea groups is 1. The summed E-state index contributed by atoms with van der Waals surface area (Å²) in [7, 11) is 1.85. The molecule has 1 saturated heterocycles. The highest BCUT2D eigenvalue weighted by molar-refractivity contribution is 6.30. The minimum absolute atomic E-state index is 0.101. The highest BCUT2D eigenvalue weighted by atomic mass is 35.5. The van der Waals surface area contributed by atoms with Crippen LogP contribution in [-0.2, 0) is 0 Å². The van der Waals surface area contributed by atoms with E-state index in [2.05, 4.69) is 20.4 Å². The fraction of sp³-hybridized carbons (Fsp3) is 0.375. The molecule has 1 fully saturated rings. The van der Waals surface area contributed by atoms with Gasteiger partial charge in [-0.25, -0.2) is 4.79 Å². The zero-order valence-electron chi connectivity index (χ0n) is 13.0. The molecule has 2 N–H and O–H groups in total. The molecule has 0 unspecified atom stereocenters. The van der Waals surface area contributed by atoms with Crippen LogP contribution in [0.3, 0.4) is 0 Å². The second-order valence-corrected chi connectivity index (χ2v) is 6.16. The number of nitrogens with one attached hydrogen (secondary N) is 2. The Hall–Kier alpha value is -2.21. The predicted molar refractivity (Wildman–Crippen MR) is 92.1 cm³/mol. The number of anilines is 2. The molecule has 0 spiro atoms. The first-order chi connectivity index (χ1) is 11.1. The summed E-state index contributed by atoms with van der Waals surface area (Å²) in [6, 6.07) is 8.04. The van der Waals surface area contributed by atoms with Crippen LogP contribution in [0, 0.1) is 0 Å². The lowest BCUT2D eigenvalue weighted by molar-refractivity contribution is 0.193. The molecule has 1 aliphatic rings. The zero-order valence-corrected chi connectivity index (χ0v) is 13.8. The van der Waals surface area contributed by atoms with Gasteiger partial charge in [0.05, 0.1) is 11.9 Å². The van der Waals surface area contributed by atoms with Gasteiger partial charge in [-0.2, -0.15) is 5.10 Å². The molecule has 122 valence electrons. The molecule has 0 atom stereocenters. The minimum Gasteiger partial charge on any atom is -0.371 e. The quantitative estimate of drug-likeness (QED) is 0.906. The summed E-state index contributed by atoms with van der Waals surface area (Å²) >= 11 is 5.93. The van der Waals surface area contributed by atoms with Gasteiger partial charge in [0.2, 0.25) is 0 Å². The normalized spacial score (nSPS) is 15.5. The summed E-state index contributed by atoms with van der Waals surface area (Å²) in [6.45, 7) is 1.85. The van der Waals surface area contributed by atoms with E-state index in [1.165, 1.54) is 5.69 Å². The summed E-state index contributed by atoms with van der Waals surface area (Å²) in [6.07, 6.45) is 5.14. The van der Waals surface area contributed by atoms with Crippen molar-refractivity contribution < 1.29 is 4.79 Å². The average Bonchev–Trinajstić information content (AvgIpc) is 3.08. The standard InChI is InChI=1S/C16H20ClN5O/c1-21(16(23)20-13-10-18-19-11-13)14-6-8-22(9-7-14)15-4-2-12(17)3-5-15/h2-5,10-11,14H,6-9H2,1H3,(H,18,19)(H,20,23). The van der Waals surface area contributed by atoms with Gasteiger partial charge in [-0.15, -0.1) is 0 Å². The van der Waals surface area contributed by atoms with Crippen LogP contribution in [0.4, 0.5) is 16.2 Å². The van der Waals surface area contributed by atoms with E-state index in [1.807, 2.05) is 31.3 Å². The first-order valence-corrected chi connectivity index (χ1v) is 8.04.